The Morgan fingerprint density at radius 1 is 1.17 bits per heavy atom. The van der Waals surface area contributed by atoms with Crippen molar-refractivity contribution in [3.05, 3.63) is 40.9 Å². The predicted molar refractivity (Wildman–Crippen MR) is 64.2 cm³/mol. The van der Waals surface area contributed by atoms with Crippen molar-refractivity contribution < 1.29 is 0 Å². The van der Waals surface area contributed by atoms with Gasteiger partial charge in [0.25, 0.3) is 11.3 Å². The van der Waals surface area contributed by atoms with Gasteiger partial charge in [-0.15, -0.1) is 10.2 Å². The van der Waals surface area contributed by atoms with Gasteiger partial charge in [-0.3, -0.25) is 4.79 Å². The van der Waals surface area contributed by atoms with Crippen molar-refractivity contribution in [3.63, 3.8) is 0 Å². The monoisotopic (exact) mass is 238 g/mol. The zero-order chi connectivity index (χ0) is 12.1. The van der Waals surface area contributed by atoms with Crippen LogP contribution in [0.15, 0.2) is 35.4 Å². The molecule has 1 aromatic carbocycles. The van der Waals surface area contributed by atoms with E-state index < -0.39 is 0 Å². The lowest BCUT2D eigenvalue weighted by Crippen LogP contribution is -2.12. The Morgan fingerprint density at radius 2 is 2.06 bits per heavy atom. The van der Waals surface area contributed by atoms with Crippen molar-refractivity contribution in [2.45, 2.75) is 0 Å². The Kier molecular flexibility index (Phi) is 1.59. The van der Waals surface area contributed by atoms with Crippen LogP contribution in [0.5, 0.6) is 0 Å². The zero-order valence-electron chi connectivity index (χ0n) is 9.03. The minimum absolute atomic E-state index is 0.256. The van der Waals surface area contributed by atoms with Gasteiger partial charge in [0, 0.05) is 5.39 Å². The molecule has 0 unspecified atom stereocenters. The molecule has 0 amide bonds. The number of para-hydroxylation sites is 1. The van der Waals surface area contributed by atoms with Crippen LogP contribution in [0.3, 0.4) is 0 Å². The van der Waals surface area contributed by atoms with Crippen molar-refractivity contribution in [2.75, 3.05) is 0 Å². The minimum Gasteiger partial charge on any atom is -0.320 e. The number of hydrogen-bond acceptors (Lipinski definition) is 5. The molecule has 1 N–H and O–H groups in total. The third-order valence-electron chi connectivity index (χ3n) is 2.85. The number of H-pyrrole nitrogens is 1. The number of pyridine rings is 1. The number of nitrogens with zero attached hydrogens (tertiary/aromatic N) is 5. The summed E-state index contributed by atoms with van der Waals surface area (Å²) in [6.07, 6.45) is 1.39. The quantitative estimate of drug-likeness (QED) is 0.451. The average molecular weight is 238 g/mol. The molecule has 3 aromatic heterocycles. The number of aromatic nitrogens is 6. The van der Waals surface area contributed by atoms with Crippen molar-refractivity contribution in [1.82, 2.24) is 29.8 Å². The van der Waals surface area contributed by atoms with Crippen LogP contribution in [0.4, 0.5) is 0 Å². The molecule has 4 rings (SSSR count). The van der Waals surface area contributed by atoms with Crippen LogP contribution >= 0.6 is 0 Å². The summed E-state index contributed by atoms with van der Waals surface area (Å²) in [5, 5.41) is 12.7. The standard InChI is InChI=1S/C11H6N6O/c18-10-8-9(6-3-1-2-4-7(6)14-10)17-11(16-15-8)12-5-13-17/h1-5H,(H,14,18). The van der Waals surface area contributed by atoms with Gasteiger partial charge in [-0.2, -0.15) is 14.6 Å². The molecule has 0 saturated heterocycles. The highest BCUT2D eigenvalue weighted by Crippen LogP contribution is 2.18. The van der Waals surface area contributed by atoms with Crippen molar-refractivity contribution in [1.29, 1.82) is 0 Å². The normalized spacial score (nSPS) is 11.6. The predicted octanol–water partition coefficient (Wildman–Crippen LogP) is 0.514. The van der Waals surface area contributed by atoms with E-state index in [1.54, 1.807) is 0 Å². The summed E-state index contributed by atoms with van der Waals surface area (Å²) in [5.74, 6) is 0.373. The highest BCUT2D eigenvalue weighted by molar-refractivity contribution is 6.01. The summed E-state index contributed by atoms with van der Waals surface area (Å²) in [5.41, 5.74) is 1.33. The van der Waals surface area contributed by atoms with Gasteiger partial charge in [0.1, 0.15) is 11.8 Å². The van der Waals surface area contributed by atoms with Crippen LogP contribution < -0.4 is 5.56 Å². The van der Waals surface area contributed by atoms with E-state index >= 15 is 0 Å². The number of benzene rings is 1. The van der Waals surface area contributed by atoms with Crippen LogP contribution in [0.1, 0.15) is 0 Å². The Hall–Kier alpha value is -2.83. The van der Waals surface area contributed by atoms with Crippen molar-refractivity contribution in [3.8, 4) is 0 Å². The first kappa shape index (κ1) is 9.23. The molecule has 0 aliphatic carbocycles. The van der Waals surface area contributed by atoms with Gasteiger partial charge in [-0.25, -0.2) is 0 Å². The maximum Gasteiger partial charge on any atom is 0.278 e. The summed E-state index contributed by atoms with van der Waals surface area (Å²) >= 11 is 0. The van der Waals surface area contributed by atoms with Crippen LogP contribution in [0, 0.1) is 0 Å². The average Bonchev–Trinajstić information content (AvgIpc) is 2.86. The van der Waals surface area contributed by atoms with Gasteiger partial charge in [-0.1, -0.05) is 18.2 Å². The topological polar surface area (TPSA) is 88.8 Å². The first-order valence-corrected chi connectivity index (χ1v) is 5.32. The molecule has 0 atom stereocenters. The number of rotatable bonds is 0. The molecule has 0 saturated carbocycles. The molecule has 18 heavy (non-hydrogen) atoms. The van der Waals surface area contributed by atoms with Crippen molar-refractivity contribution >= 4 is 27.7 Å². The van der Waals surface area contributed by atoms with E-state index in [4.69, 9.17) is 0 Å². The molecule has 0 aliphatic heterocycles. The maximum atomic E-state index is 11.9. The molecule has 4 aromatic rings. The molecule has 3 heterocycles. The molecule has 7 heteroatoms. The first-order valence-electron chi connectivity index (χ1n) is 5.32. The van der Waals surface area contributed by atoms with Gasteiger partial charge in [0.05, 0.1) is 5.52 Å². The molecular formula is C11H6N6O. The van der Waals surface area contributed by atoms with Crippen LogP contribution in [-0.2, 0) is 0 Å². The summed E-state index contributed by atoms with van der Waals surface area (Å²) in [4.78, 5) is 18.7. The van der Waals surface area contributed by atoms with E-state index in [0.717, 1.165) is 10.9 Å². The van der Waals surface area contributed by atoms with Gasteiger partial charge < -0.3 is 4.98 Å². The molecule has 7 nitrogen and oxygen atoms in total. The fourth-order valence-corrected chi connectivity index (χ4v) is 2.08. The van der Waals surface area contributed by atoms with Crippen molar-refractivity contribution in [2.24, 2.45) is 0 Å². The third kappa shape index (κ3) is 1.05. The summed E-state index contributed by atoms with van der Waals surface area (Å²) in [7, 11) is 0. The Morgan fingerprint density at radius 3 is 3.00 bits per heavy atom. The number of aromatic amines is 1. The molecule has 0 bridgehead atoms. The van der Waals surface area contributed by atoms with E-state index in [1.165, 1.54) is 10.8 Å². The highest BCUT2D eigenvalue weighted by atomic mass is 16.1. The van der Waals surface area contributed by atoms with Crippen LogP contribution in [-0.4, -0.2) is 29.8 Å². The van der Waals surface area contributed by atoms with E-state index in [9.17, 15) is 4.79 Å². The van der Waals surface area contributed by atoms with Gasteiger partial charge >= 0.3 is 0 Å². The zero-order valence-corrected chi connectivity index (χ0v) is 9.03. The summed E-state index contributed by atoms with van der Waals surface area (Å²) < 4.78 is 1.53. The lowest BCUT2D eigenvalue weighted by Gasteiger charge is -2.03. The molecule has 0 radical (unpaired) electrons. The Bertz CT molecular complexity index is 954. The summed E-state index contributed by atoms with van der Waals surface area (Å²) in [6.45, 7) is 0. The van der Waals surface area contributed by atoms with E-state index in [2.05, 4.69) is 25.3 Å². The van der Waals surface area contributed by atoms with E-state index in [1.807, 2.05) is 24.3 Å². The second-order valence-electron chi connectivity index (χ2n) is 3.87. The lowest BCUT2D eigenvalue weighted by molar-refractivity contribution is 0.938. The second kappa shape index (κ2) is 3.10. The van der Waals surface area contributed by atoms with Gasteiger partial charge in [0.2, 0.25) is 0 Å². The smallest absolute Gasteiger partial charge is 0.278 e. The fraction of sp³-hybridized carbons (Fsp3) is 0. The molecule has 0 spiro atoms. The first-order chi connectivity index (χ1) is 8.84. The number of nitrogens with one attached hydrogen (secondary N) is 1. The third-order valence-corrected chi connectivity index (χ3v) is 2.85. The minimum atomic E-state index is -0.284. The van der Waals surface area contributed by atoms with Gasteiger partial charge in [0.15, 0.2) is 5.52 Å². The molecule has 0 aliphatic rings. The second-order valence-corrected chi connectivity index (χ2v) is 3.87. The molecular weight excluding hydrogens is 232 g/mol. The largest absolute Gasteiger partial charge is 0.320 e. The lowest BCUT2D eigenvalue weighted by atomic mass is 10.2. The molecule has 86 valence electrons. The fourth-order valence-electron chi connectivity index (χ4n) is 2.08. The highest BCUT2D eigenvalue weighted by Gasteiger charge is 2.11. The molecule has 0 fully saturated rings. The van der Waals surface area contributed by atoms with Crippen LogP contribution in [0.2, 0.25) is 0 Å². The van der Waals surface area contributed by atoms with Crippen LogP contribution in [0.25, 0.3) is 27.7 Å². The van der Waals surface area contributed by atoms with E-state index in [-0.39, 0.29) is 11.1 Å². The SMILES string of the molecule is O=c1[nH]c2ccccc2c2c1nnc1ncnn12. The summed E-state index contributed by atoms with van der Waals surface area (Å²) in [6, 6.07) is 7.48. The number of fused-ring (bicyclic) bond motifs is 5. The maximum absolute atomic E-state index is 11.9. The number of hydrogen-bond donors (Lipinski definition) is 1. The van der Waals surface area contributed by atoms with Gasteiger partial charge in [-0.05, 0) is 6.07 Å². The van der Waals surface area contributed by atoms with E-state index in [0.29, 0.717) is 11.3 Å². The Balaban J connectivity index is 2.47. The Labute approximate surface area is 99.1 Å².